The van der Waals surface area contributed by atoms with Crippen LogP contribution in [0.25, 0.3) is 20.7 Å². The number of thiophene rings is 2. The van der Waals surface area contributed by atoms with Crippen molar-refractivity contribution in [2.75, 3.05) is 6.61 Å². The standard InChI is InChI=1S/C21H23N3O4S2/c1-13-5-3-6-14(2)24(13)17(25)10-28-18(26)9-23-12-22-20-19(21(23)27)15(11-30-20)16-7-4-8-29-16/h4,7-8,11-14H,3,5-6,9-10H2,1-2H3. The Morgan fingerprint density at radius 1 is 1.23 bits per heavy atom. The molecule has 0 saturated carbocycles. The minimum atomic E-state index is -0.628. The SMILES string of the molecule is CC1CCCC(C)N1C(=O)COC(=O)Cn1cnc2scc(-c3cccs3)c2c1=O. The molecule has 2 atom stereocenters. The highest BCUT2D eigenvalue weighted by atomic mass is 32.1. The Morgan fingerprint density at radius 3 is 2.70 bits per heavy atom. The van der Waals surface area contributed by atoms with Gasteiger partial charge in [-0.2, -0.15) is 0 Å². The lowest BCUT2D eigenvalue weighted by Gasteiger charge is -2.38. The van der Waals surface area contributed by atoms with Gasteiger partial charge in [0.2, 0.25) is 0 Å². The number of amides is 1. The molecule has 3 aromatic heterocycles. The van der Waals surface area contributed by atoms with Crippen molar-refractivity contribution in [2.24, 2.45) is 0 Å². The van der Waals surface area contributed by atoms with Crippen LogP contribution >= 0.6 is 22.7 Å². The average molecular weight is 446 g/mol. The summed E-state index contributed by atoms with van der Waals surface area (Å²) in [6.07, 6.45) is 4.37. The molecule has 4 heterocycles. The topological polar surface area (TPSA) is 81.5 Å². The summed E-state index contributed by atoms with van der Waals surface area (Å²) in [6, 6.07) is 4.16. The molecule has 0 bridgehead atoms. The van der Waals surface area contributed by atoms with Gasteiger partial charge in [0, 0.05) is 27.9 Å². The number of likely N-dealkylation sites (tertiary alicyclic amines) is 1. The number of hydrogen-bond acceptors (Lipinski definition) is 7. The fourth-order valence-corrected chi connectivity index (χ4v) is 5.73. The zero-order chi connectivity index (χ0) is 21.3. The maximum absolute atomic E-state index is 13.0. The van der Waals surface area contributed by atoms with E-state index in [9.17, 15) is 14.4 Å². The van der Waals surface area contributed by atoms with Crippen LogP contribution in [0.2, 0.25) is 0 Å². The zero-order valence-corrected chi connectivity index (χ0v) is 18.5. The average Bonchev–Trinajstić information content (AvgIpc) is 3.38. The molecule has 7 nitrogen and oxygen atoms in total. The lowest BCUT2D eigenvalue weighted by atomic mass is 9.97. The van der Waals surface area contributed by atoms with Gasteiger partial charge in [-0.1, -0.05) is 6.07 Å². The number of carbonyl (C=O) groups is 2. The number of aromatic nitrogens is 2. The molecule has 1 amide bonds. The Labute approximate surface area is 181 Å². The number of nitrogens with zero attached hydrogens (tertiary/aromatic N) is 3. The van der Waals surface area contributed by atoms with E-state index in [2.05, 4.69) is 4.98 Å². The van der Waals surface area contributed by atoms with E-state index in [1.807, 2.05) is 36.7 Å². The lowest BCUT2D eigenvalue weighted by Crippen LogP contribution is -2.49. The second-order valence-corrected chi connectivity index (χ2v) is 9.38. The van der Waals surface area contributed by atoms with Crippen molar-refractivity contribution in [3.63, 3.8) is 0 Å². The van der Waals surface area contributed by atoms with Gasteiger partial charge in [-0.25, -0.2) is 4.98 Å². The normalized spacial score (nSPS) is 19.2. The van der Waals surface area contributed by atoms with Crippen molar-refractivity contribution in [2.45, 2.75) is 51.7 Å². The summed E-state index contributed by atoms with van der Waals surface area (Å²) in [4.78, 5) is 45.6. The van der Waals surface area contributed by atoms with Gasteiger partial charge >= 0.3 is 5.97 Å². The molecule has 4 rings (SSSR count). The van der Waals surface area contributed by atoms with Crippen LogP contribution in [-0.2, 0) is 20.9 Å². The van der Waals surface area contributed by atoms with Crippen LogP contribution in [0.3, 0.4) is 0 Å². The zero-order valence-electron chi connectivity index (χ0n) is 16.9. The molecule has 158 valence electrons. The number of ether oxygens (including phenoxy) is 1. The Hall–Kier alpha value is -2.52. The molecule has 0 spiro atoms. The second kappa shape index (κ2) is 8.69. The molecule has 1 aliphatic heterocycles. The van der Waals surface area contributed by atoms with Crippen LogP contribution in [0.4, 0.5) is 0 Å². The van der Waals surface area contributed by atoms with Crippen molar-refractivity contribution >= 4 is 44.8 Å². The van der Waals surface area contributed by atoms with E-state index in [-0.39, 0.29) is 36.7 Å². The van der Waals surface area contributed by atoms with E-state index in [0.29, 0.717) is 10.2 Å². The number of hydrogen-bond donors (Lipinski definition) is 0. The van der Waals surface area contributed by atoms with Gasteiger partial charge in [0.05, 0.1) is 11.7 Å². The third-order valence-electron chi connectivity index (χ3n) is 5.48. The molecule has 30 heavy (non-hydrogen) atoms. The first-order valence-corrected chi connectivity index (χ1v) is 11.7. The molecular formula is C21H23N3O4S2. The Bertz CT molecular complexity index is 1110. The fourth-order valence-electron chi connectivity index (χ4n) is 4.01. The van der Waals surface area contributed by atoms with Gasteiger partial charge in [0.1, 0.15) is 11.4 Å². The van der Waals surface area contributed by atoms with E-state index in [1.165, 1.54) is 22.2 Å². The number of fused-ring (bicyclic) bond motifs is 1. The van der Waals surface area contributed by atoms with E-state index in [0.717, 1.165) is 29.7 Å². The molecule has 1 saturated heterocycles. The third kappa shape index (κ3) is 4.04. The molecule has 1 aliphatic rings. The molecule has 0 aromatic carbocycles. The summed E-state index contributed by atoms with van der Waals surface area (Å²) >= 11 is 2.95. The molecule has 3 aromatic rings. The van der Waals surface area contributed by atoms with Gasteiger partial charge in [-0.05, 0) is 44.6 Å². The Kier molecular flexibility index (Phi) is 6.01. The van der Waals surface area contributed by atoms with Gasteiger partial charge in [-0.3, -0.25) is 19.0 Å². The number of carbonyl (C=O) groups excluding carboxylic acids is 2. The van der Waals surface area contributed by atoms with Crippen LogP contribution in [0.15, 0.2) is 34.0 Å². The molecule has 9 heteroatoms. The third-order valence-corrected chi connectivity index (χ3v) is 7.27. The van der Waals surface area contributed by atoms with E-state index < -0.39 is 5.97 Å². The highest BCUT2D eigenvalue weighted by Gasteiger charge is 2.29. The summed E-state index contributed by atoms with van der Waals surface area (Å²) in [5.74, 6) is -0.821. The van der Waals surface area contributed by atoms with Crippen molar-refractivity contribution in [3.8, 4) is 10.4 Å². The molecule has 1 fully saturated rings. The quantitative estimate of drug-likeness (QED) is 0.561. The smallest absolute Gasteiger partial charge is 0.326 e. The minimum absolute atomic E-state index is 0.142. The molecule has 0 radical (unpaired) electrons. The predicted octanol–water partition coefficient (Wildman–Crippen LogP) is 3.52. The minimum Gasteiger partial charge on any atom is -0.454 e. The fraction of sp³-hybridized carbons (Fsp3) is 0.429. The van der Waals surface area contributed by atoms with E-state index in [4.69, 9.17) is 4.74 Å². The van der Waals surface area contributed by atoms with E-state index >= 15 is 0 Å². The van der Waals surface area contributed by atoms with Gasteiger partial charge in [-0.15, -0.1) is 22.7 Å². The highest BCUT2D eigenvalue weighted by Crippen LogP contribution is 2.33. The van der Waals surface area contributed by atoms with Gasteiger partial charge < -0.3 is 9.64 Å². The van der Waals surface area contributed by atoms with Crippen molar-refractivity contribution in [1.82, 2.24) is 14.5 Å². The molecule has 2 unspecified atom stereocenters. The molecule has 0 N–H and O–H groups in total. The van der Waals surface area contributed by atoms with Gasteiger partial charge in [0.25, 0.3) is 11.5 Å². The maximum Gasteiger partial charge on any atom is 0.326 e. The summed E-state index contributed by atoms with van der Waals surface area (Å²) < 4.78 is 6.44. The Morgan fingerprint density at radius 2 is 2.00 bits per heavy atom. The second-order valence-electron chi connectivity index (χ2n) is 7.58. The maximum atomic E-state index is 13.0. The van der Waals surface area contributed by atoms with Crippen LogP contribution in [0, 0.1) is 0 Å². The Balaban J connectivity index is 1.46. The van der Waals surface area contributed by atoms with Crippen LogP contribution < -0.4 is 5.56 Å². The largest absolute Gasteiger partial charge is 0.454 e. The summed E-state index contributed by atoms with van der Waals surface area (Å²) in [5, 5.41) is 4.36. The first kappa shape index (κ1) is 20.7. The number of rotatable bonds is 5. The van der Waals surface area contributed by atoms with Crippen LogP contribution in [0.5, 0.6) is 0 Å². The number of piperidine rings is 1. The summed E-state index contributed by atoms with van der Waals surface area (Å²) in [7, 11) is 0. The molecule has 0 aliphatic carbocycles. The van der Waals surface area contributed by atoms with Crippen LogP contribution in [-0.4, -0.2) is 45.0 Å². The van der Waals surface area contributed by atoms with Crippen molar-refractivity contribution in [1.29, 1.82) is 0 Å². The van der Waals surface area contributed by atoms with Crippen molar-refractivity contribution < 1.29 is 14.3 Å². The highest BCUT2D eigenvalue weighted by molar-refractivity contribution is 7.18. The number of esters is 1. The molecular weight excluding hydrogens is 422 g/mol. The van der Waals surface area contributed by atoms with Crippen LogP contribution in [0.1, 0.15) is 33.1 Å². The monoisotopic (exact) mass is 445 g/mol. The predicted molar refractivity (Wildman–Crippen MR) is 118 cm³/mol. The van der Waals surface area contributed by atoms with Crippen molar-refractivity contribution in [3.05, 3.63) is 39.6 Å². The first-order chi connectivity index (χ1) is 14.5. The van der Waals surface area contributed by atoms with Gasteiger partial charge in [0.15, 0.2) is 6.61 Å². The first-order valence-electron chi connectivity index (χ1n) is 9.93. The summed E-state index contributed by atoms with van der Waals surface area (Å²) in [6.45, 7) is 3.44. The van der Waals surface area contributed by atoms with E-state index in [1.54, 1.807) is 16.2 Å². The lowest BCUT2D eigenvalue weighted by molar-refractivity contribution is -0.155. The summed E-state index contributed by atoms with van der Waals surface area (Å²) in [5.41, 5.74) is 0.541.